The molecule has 0 aliphatic carbocycles. The van der Waals surface area contributed by atoms with Gasteiger partial charge in [0, 0.05) is 15.2 Å². The third kappa shape index (κ3) is 2.20. The second kappa shape index (κ2) is 4.06. The molecule has 0 fully saturated rings. The van der Waals surface area contributed by atoms with Crippen molar-refractivity contribution < 1.29 is 13.5 Å². The number of fused-ring (bicyclic) bond motifs is 1. The summed E-state index contributed by atoms with van der Waals surface area (Å²) in [5.74, 6) is -0.163. The molecule has 78 valence electrons. The van der Waals surface area contributed by atoms with Crippen molar-refractivity contribution in [3.63, 3.8) is 0 Å². The van der Waals surface area contributed by atoms with Crippen LogP contribution in [0, 0.1) is 0 Å². The van der Waals surface area contributed by atoms with Crippen molar-refractivity contribution in [2.75, 3.05) is 0 Å². The molecule has 2 rings (SSSR count). The van der Waals surface area contributed by atoms with Gasteiger partial charge in [0.25, 0.3) is 0 Å². The molecule has 2 aromatic rings. The number of alkyl halides is 2. The molecule has 0 spiro atoms. The van der Waals surface area contributed by atoms with E-state index in [1.807, 2.05) is 0 Å². The van der Waals surface area contributed by atoms with Gasteiger partial charge in [-0.25, -0.2) is 0 Å². The van der Waals surface area contributed by atoms with E-state index in [9.17, 15) is 8.78 Å². The van der Waals surface area contributed by atoms with Crippen LogP contribution in [0.3, 0.4) is 0 Å². The summed E-state index contributed by atoms with van der Waals surface area (Å²) in [6.07, 6.45) is 1.49. The monoisotopic (exact) mass is 274 g/mol. The van der Waals surface area contributed by atoms with Crippen molar-refractivity contribution in [1.82, 2.24) is 10.2 Å². The van der Waals surface area contributed by atoms with Crippen LogP contribution >= 0.6 is 15.9 Å². The van der Waals surface area contributed by atoms with Gasteiger partial charge in [-0.15, -0.1) is 5.10 Å². The maximum Gasteiger partial charge on any atom is 0.388 e. The zero-order chi connectivity index (χ0) is 10.8. The molecule has 0 bridgehead atoms. The molecule has 0 radical (unpaired) electrons. The molecule has 1 aromatic heterocycles. The fourth-order valence-electron chi connectivity index (χ4n) is 1.20. The van der Waals surface area contributed by atoms with Gasteiger partial charge in [-0.2, -0.15) is 13.9 Å². The highest BCUT2D eigenvalue weighted by Crippen LogP contribution is 2.26. The first-order valence-electron chi connectivity index (χ1n) is 4.02. The third-order valence-corrected chi connectivity index (χ3v) is 2.29. The van der Waals surface area contributed by atoms with E-state index in [1.54, 1.807) is 18.2 Å². The Kier molecular flexibility index (Phi) is 2.77. The minimum Gasteiger partial charge on any atom is -0.415 e. The molecular formula is C9H5BrF2N2O. The van der Waals surface area contributed by atoms with Crippen molar-refractivity contribution in [1.29, 1.82) is 0 Å². The highest BCUT2D eigenvalue weighted by atomic mass is 79.9. The van der Waals surface area contributed by atoms with Crippen LogP contribution in [0.15, 0.2) is 28.9 Å². The molecule has 1 heterocycles. The minimum absolute atomic E-state index is 0.163. The van der Waals surface area contributed by atoms with Crippen LogP contribution in [0.25, 0.3) is 10.8 Å². The van der Waals surface area contributed by atoms with E-state index in [-0.39, 0.29) is 5.88 Å². The number of ether oxygens (including phenoxy) is 1. The Labute approximate surface area is 92.2 Å². The summed E-state index contributed by atoms with van der Waals surface area (Å²) in [5, 5.41) is 8.28. The summed E-state index contributed by atoms with van der Waals surface area (Å²) in [7, 11) is 0. The normalized spacial score (nSPS) is 10.9. The molecule has 3 nitrogen and oxygen atoms in total. The van der Waals surface area contributed by atoms with Gasteiger partial charge in [-0.05, 0) is 12.1 Å². The van der Waals surface area contributed by atoms with Gasteiger partial charge in [0.2, 0.25) is 5.88 Å². The van der Waals surface area contributed by atoms with Crippen molar-refractivity contribution in [3.05, 3.63) is 28.9 Å². The van der Waals surface area contributed by atoms with Gasteiger partial charge < -0.3 is 4.74 Å². The Bertz CT molecular complexity index is 492. The lowest BCUT2D eigenvalue weighted by Gasteiger charge is -2.05. The highest BCUT2D eigenvalue weighted by molar-refractivity contribution is 9.10. The summed E-state index contributed by atoms with van der Waals surface area (Å²) in [4.78, 5) is 0. The third-order valence-electron chi connectivity index (χ3n) is 1.79. The number of aromatic nitrogens is 2. The Balaban J connectivity index is 2.58. The fourth-order valence-corrected chi connectivity index (χ4v) is 1.56. The lowest BCUT2D eigenvalue weighted by atomic mass is 10.2. The fraction of sp³-hybridized carbons (Fsp3) is 0.111. The molecule has 0 atom stereocenters. The maximum atomic E-state index is 12.0. The smallest absolute Gasteiger partial charge is 0.388 e. The van der Waals surface area contributed by atoms with Crippen molar-refractivity contribution in [2.45, 2.75) is 6.61 Å². The van der Waals surface area contributed by atoms with Crippen LogP contribution in [-0.2, 0) is 0 Å². The van der Waals surface area contributed by atoms with E-state index in [2.05, 4.69) is 30.9 Å². The van der Waals surface area contributed by atoms with Gasteiger partial charge in [-0.1, -0.05) is 22.0 Å². The van der Waals surface area contributed by atoms with E-state index >= 15 is 0 Å². The number of benzene rings is 1. The topological polar surface area (TPSA) is 35.0 Å². The average molecular weight is 275 g/mol. The Morgan fingerprint density at radius 1 is 1.33 bits per heavy atom. The van der Waals surface area contributed by atoms with E-state index in [0.29, 0.717) is 10.8 Å². The average Bonchev–Trinajstić information content (AvgIpc) is 2.18. The molecular weight excluding hydrogens is 270 g/mol. The first-order chi connectivity index (χ1) is 7.16. The zero-order valence-electron chi connectivity index (χ0n) is 7.32. The molecule has 6 heteroatoms. The van der Waals surface area contributed by atoms with E-state index in [4.69, 9.17) is 0 Å². The predicted molar refractivity (Wildman–Crippen MR) is 53.9 cm³/mol. The van der Waals surface area contributed by atoms with Crippen molar-refractivity contribution in [2.24, 2.45) is 0 Å². The van der Waals surface area contributed by atoms with Crippen LogP contribution in [0.1, 0.15) is 0 Å². The van der Waals surface area contributed by atoms with Crippen molar-refractivity contribution >= 4 is 26.7 Å². The van der Waals surface area contributed by atoms with Crippen LogP contribution in [0.2, 0.25) is 0 Å². The Hall–Kier alpha value is -1.30. The van der Waals surface area contributed by atoms with Gasteiger partial charge in [-0.3, -0.25) is 0 Å². The molecule has 0 aliphatic heterocycles. The Morgan fingerprint density at radius 2 is 2.13 bits per heavy atom. The number of halogens is 3. The van der Waals surface area contributed by atoms with Gasteiger partial charge >= 0.3 is 6.61 Å². The summed E-state index contributed by atoms with van der Waals surface area (Å²) in [5.41, 5.74) is 0. The van der Waals surface area contributed by atoms with Crippen LogP contribution in [-0.4, -0.2) is 16.8 Å². The summed E-state index contributed by atoms with van der Waals surface area (Å²) < 4.78 is 29.1. The van der Waals surface area contributed by atoms with Crippen LogP contribution in [0.5, 0.6) is 5.88 Å². The molecule has 15 heavy (non-hydrogen) atoms. The largest absolute Gasteiger partial charge is 0.415 e. The lowest BCUT2D eigenvalue weighted by Crippen LogP contribution is -2.04. The number of hydrogen-bond donors (Lipinski definition) is 0. The van der Waals surface area contributed by atoms with E-state index in [0.717, 1.165) is 4.47 Å². The van der Waals surface area contributed by atoms with Crippen LogP contribution in [0.4, 0.5) is 8.78 Å². The van der Waals surface area contributed by atoms with E-state index in [1.165, 1.54) is 6.20 Å². The molecule has 0 N–H and O–H groups in total. The SMILES string of the molecule is FC(F)Oc1nncc2ccc(Br)cc12. The lowest BCUT2D eigenvalue weighted by molar-refractivity contribution is -0.0522. The zero-order valence-corrected chi connectivity index (χ0v) is 8.91. The molecule has 0 saturated heterocycles. The van der Waals surface area contributed by atoms with Crippen LogP contribution < -0.4 is 4.74 Å². The minimum atomic E-state index is -2.90. The standard InChI is InChI=1S/C9H5BrF2N2O/c10-6-2-1-5-4-13-14-8(7(5)3-6)15-9(11)12/h1-4,9H. The summed E-state index contributed by atoms with van der Waals surface area (Å²) in [6, 6.07) is 5.18. The Morgan fingerprint density at radius 3 is 2.87 bits per heavy atom. The van der Waals surface area contributed by atoms with Gasteiger partial charge in [0.1, 0.15) is 0 Å². The summed E-state index contributed by atoms with van der Waals surface area (Å²) in [6.45, 7) is -2.90. The van der Waals surface area contributed by atoms with Crippen molar-refractivity contribution in [3.8, 4) is 5.88 Å². The second-order valence-corrected chi connectivity index (χ2v) is 3.68. The number of nitrogens with zero attached hydrogens (tertiary/aromatic N) is 2. The number of rotatable bonds is 2. The molecule has 0 saturated carbocycles. The molecule has 0 aliphatic rings. The quantitative estimate of drug-likeness (QED) is 0.845. The number of hydrogen-bond acceptors (Lipinski definition) is 3. The second-order valence-electron chi connectivity index (χ2n) is 2.76. The highest BCUT2D eigenvalue weighted by Gasteiger charge is 2.10. The van der Waals surface area contributed by atoms with E-state index < -0.39 is 6.61 Å². The first kappa shape index (κ1) is 10.2. The molecule has 0 amide bonds. The maximum absolute atomic E-state index is 12.0. The first-order valence-corrected chi connectivity index (χ1v) is 4.82. The summed E-state index contributed by atoms with van der Waals surface area (Å²) >= 11 is 3.24. The van der Waals surface area contributed by atoms with Gasteiger partial charge in [0.15, 0.2) is 0 Å². The van der Waals surface area contributed by atoms with Gasteiger partial charge in [0.05, 0.1) is 6.20 Å². The molecule has 0 unspecified atom stereocenters. The predicted octanol–water partition coefficient (Wildman–Crippen LogP) is 2.99. The molecule has 1 aromatic carbocycles.